The number of piperazine rings is 1. The Hall–Kier alpha value is -3.10. The number of rotatable bonds is 8. The van der Waals surface area contributed by atoms with E-state index in [1.165, 1.54) is 0 Å². The summed E-state index contributed by atoms with van der Waals surface area (Å²) in [6.45, 7) is 5.46. The molecule has 9 nitrogen and oxygen atoms in total. The number of amides is 3. The van der Waals surface area contributed by atoms with E-state index in [0.29, 0.717) is 44.2 Å². The third kappa shape index (κ3) is 6.47. The fourth-order valence-corrected chi connectivity index (χ4v) is 3.12. The minimum absolute atomic E-state index is 0.101. The fraction of sp³-hybridized carbons (Fsp3) is 0.524. The molecule has 1 aliphatic carbocycles. The summed E-state index contributed by atoms with van der Waals surface area (Å²) in [5, 5.41) is 12.0. The lowest BCUT2D eigenvalue weighted by molar-refractivity contribution is -0.123. The van der Waals surface area contributed by atoms with Crippen molar-refractivity contribution in [3.63, 3.8) is 0 Å². The second-order valence-electron chi connectivity index (χ2n) is 7.46. The van der Waals surface area contributed by atoms with E-state index in [0.717, 1.165) is 24.9 Å². The molecule has 9 heteroatoms. The van der Waals surface area contributed by atoms with Crippen LogP contribution in [0, 0.1) is 5.92 Å². The van der Waals surface area contributed by atoms with Crippen molar-refractivity contribution in [1.29, 1.82) is 0 Å². The molecule has 0 bridgehead atoms. The summed E-state index contributed by atoms with van der Waals surface area (Å²) in [6.07, 6.45) is 2.00. The molecule has 30 heavy (non-hydrogen) atoms. The van der Waals surface area contributed by atoms with E-state index < -0.39 is 0 Å². The second-order valence-corrected chi connectivity index (χ2v) is 7.46. The molecular weight excluding hydrogens is 384 g/mol. The summed E-state index contributed by atoms with van der Waals surface area (Å²) in [5.74, 6) is 0.768. The Morgan fingerprint density at radius 1 is 1.13 bits per heavy atom. The summed E-state index contributed by atoms with van der Waals surface area (Å²) in [7, 11) is 0. The van der Waals surface area contributed by atoms with Gasteiger partial charge in [0.05, 0.1) is 13.1 Å². The smallest absolute Gasteiger partial charge is 0.254 e. The molecule has 1 aliphatic heterocycles. The van der Waals surface area contributed by atoms with Gasteiger partial charge in [0.25, 0.3) is 5.91 Å². The monoisotopic (exact) mass is 414 g/mol. The van der Waals surface area contributed by atoms with Gasteiger partial charge in [-0.2, -0.15) is 0 Å². The van der Waals surface area contributed by atoms with Gasteiger partial charge in [-0.15, -0.1) is 0 Å². The van der Waals surface area contributed by atoms with E-state index in [9.17, 15) is 14.4 Å². The van der Waals surface area contributed by atoms with Crippen LogP contribution in [0.3, 0.4) is 0 Å². The van der Waals surface area contributed by atoms with Gasteiger partial charge < -0.3 is 26.2 Å². The van der Waals surface area contributed by atoms with Gasteiger partial charge in [-0.05, 0) is 37.5 Å². The zero-order valence-electron chi connectivity index (χ0n) is 17.4. The van der Waals surface area contributed by atoms with E-state index in [4.69, 9.17) is 0 Å². The highest BCUT2D eigenvalue weighted by atomic mass is 16.2. The minimum Gasteiger partial charge on any atom is -0.357 e. The first-order valence-corrected chi connectivity index (χ1v) is 10.5. The molecule has 1 heterocycles. The molecule has 2 aliphatic rings. The quantitative estimate of drug-likeness (QED) is 0.268. The molecule has 1 saturated heterocycles. The number of benzene rings is 1. The molecule has 1 aromatic rings. The molecule has 4 N–H and O–H groups in total. The highest BCUT2D eigenvalue weighted by molar-refractivity contribution is 5.97. The van der Waals surface area contributed by atoms with Gasteiger partial charge in [-0.3, -0.25) is 14.4 Å². The zero-order chi connectivity index (χ0) is 21.3. The van der Waals surface area contributed by atoms with Crippen LogP contribution in [-0.2, 0) is 16.1 Å². The molecule has 1 aromatic carbocycles. The van der Waals surface area contributed by atoms with Crippen LogP contribution in [0.25, 0.3) is 0 Å². The molecule has 3 amide bonds. The third-order valence-electron chi connectivity index (χ3n) is 4.96. The molecule has 0 unspecified atom stereocenters. The largest absolute Gasteiger partial charge is 0.357 e. The average Bonchev–Trinajstić information content (AvgIpc) is 3.60. The summed E-state index contributed by atoms with van der Waals surface area (Å²) < 4.78 is 0. The van der Waals surface area contributed by atoms with Crippen molar-refractivity contribution in [3.05, 3.63) is 35.4 Å². The predicted molar refractivity (Wildman–Crippen MR) is 114 cm³/mol. The van der Waals surface area contributed by atoms with Crippen LogP contribution in [0.2, 0.25) is 0 Å². The van der Waals surface area contributed by atoms with Gasteiger partial charge in [-0.25, -0.2) is 4.99 Å². The van der Waals surface area contributed by atoms with Crippen molar-refractivity contribution in [2.75, 3.05) is 39.3 Å². The fourth-order valence-electron chi connectivity index (χ4n) is 3.12. The standard InChI is InChI=1S/C21H30N6O3/c1-2-22-21(25-10-9-24-19(29)16-7-8-16)26-13-15-3-5-17(6-4-15)20(30)27-12-11-23-18(28)14-27/h3-6,16H,2,7-14H2,1H3,(H,23,28)(H,24,29)(H2,22,25,26). The maximum absolute atomic E-state index is 12.5. The average molecular weight is 415 g/mol. The van der Waals surface area contributed by atoms with Crippen LogP contribution in [0.5, 0.6) is 0 Å². The third-order valence-corrected chi connectivity index (χ3v) is 4.96. The molecule has 0 spiro atoms. The van der Waals surface area contributed by atoms with Crippen molar-refractivity contribution in [1.82, 2.24) is 26.2 Å². The Morgan fingerprint density at radius 3 is 2.53 bits per heavy atom. The lowest BCUT2D eigenvalue weighted by Crippen LogP contribution is -2.49. The highest BCUT2D eigenvalue weighted by Gasteiger charge is 2.29. The maximum atomic E-state index is 12.5. The van der Waals surface area contributed by atoms with Gasteiger partial charge in [0.1, 0.15) is 0 Å². The number of aliphatic imine (C=N–C) groups is 1. The van der Waals surface area contributed by atoms with Gasteiger partial charge in [0.2, 0.25) is 11.8 Å². The lowest BCUT2D eigenvalue weighted by atomic mass is 10.1. The van der Waals surface area contributed by atoms with Crippen LogP contribution in [0.15, 0.2) is 29.3 Å². The van der Waals surface area contributed by atoms with E-state index in [-0.39, 0.29) is 30.2 Å². The molecule has 2 fully saturated rings. The van der Waals surface area contributed by atoms with Crippen molar-refractivity contribution in [2.24, 2.45) is 10.9 Å². The molecule has 3 rings (SSSR count). The molecule has 0 atom stereocenters. The normalized spacial score (nSPS) is 16.6. The Balaban J connectivity index is 1.47. The Bertz CT molecular complexity index is 788. The predicted octanol–water partition coefficient (Wildman–Crippen LogP) is -0.160. The van der Waals surface area contributed by atoms with Crippen LogP contribution in [0.4, 0.5) is 0 Å². The first-order chi connectivity index (χ1) is 14.6. The zero-order valence-corrected chi connectivity index (χ0v) is 17.4. The van der Waals surface area contributed by atoms with Crippen LogP contribution < -0.4 is 21.3 Å². The maximum Gasteiger partial charge on any atom is 0.254 e. The van der Waals surface area contributed by atoms with E-state index in [1.807, 2.05) is 19.1 Å². The Morgan fingerprint density at radius 2 is 1.87 bits per heavy atom. The van der Waals surface area contributed by atoms with Gasteiger partial charge in [0.15, 0.2) is 5.96 Å². The molecule has 1 saturated carbocycles. The van der Waals surface area contributed by atoms with Crippen LogP contribution in [0.1, 0.15) is 35.7 Å². The Labute approximate surface area is 176 Å². The van der Waals surface area contributed by atoms with Gasteiger partial charge in [0, 0.05) is 44.2 Å². The van der Waals surface area contributed by atoms with E-state index in [1.54, 1.807) is 17.0 Å². The number of nitrogens with zero attached hydrogens (tertiary/aromatic N) is 2. The van der Waals surface area contributed by atoms with Crippen molar-refractivity contribution in [2.45, 2.75) is 26.3 Å². The van der Waals surface area contributed by atoms with Crippen LogP contribution >= 0.6 is 0 Å². The van der Waals surface area contributed by atoms with Crippen LogP contribution in [-0.4, -0.2) is 67.8 Å². The molecule has 0 radical (unpaired) electrons. The number of nitrogens with one attached hydrogen (secondary N) is 4. The SMILES string of the molecule is CCNC(=NCc1ccc(C(=O)N2CCNC(=O)C2)cc1)NCCNC(=O)C1CC1. The van der Waals surface area contributed by atoms with Gasteiger partial charge in [-0.1, -0.05) is 12.1 Å². The number of carbonyl (C=O) groups is 3. The number of hydrogen-bond donors (Lipinski definition) is 4. The van der Waals surface area contributed by atoms with Crippen molar-refractivity contribution < 1.29 is 14.4 Å². The number of hydrogen-bond acceptors (Lipinski definition) is 4. The minimum atomic E-state index is -0.136. The molecule has 0 aromatic heterocycles. The number of guanidine groups is 1. The summed E-state index contributed by atoms with van der Waals surface area (Å²) in [4.78, 5) is 41.8. The highest BCUT2D eigenvalue weighted by Crippen LogP contribution is 2.28. The topological polar surface area (TPSA) is 115 Å². The number of carbonyl (C=O) groups excluding carboxylic acids is 3. The van der Waals surface area contributed by atoms with Crippen molar-refractivity contribution in [3.8, 4) is 0 Å². The molecule has 162 valence electrons. The first kappa shape index (κ1) is 21.6. The van der Waals surface area contributed by atoms with E-state index in [2.05, 4.69) is 26.3 Å². The van der Waals surface area contributed by atoms with Gasteiger partial charge >= 0.3 is 0 Å². The summed E-state index contributed by atoms with van der Waals surface area (Å²) in [6, 6.07) is 7.29. The van der Waals surface area contributed by atoms with E-state index >= 15 is 0 Å². The summed E-state index contributed by atoms with van der Waals surface area (Å²) >= 11 is 0. The van der Waals surface area contributed by atoms with Crippen molar-refractivity contribution >= 4 is 23.7 Å². The molecular formula is C21H30N6O3. The summed E-state index contributed by atoms with van der Waals surface area (Å²) in [5.41, 5.74) is 1.54. The Kier molecular flexibility index (Phi) is 7.64. The lowest BCUT2D eigenvalue weighted by Gasteiger charge is -2.26. The second kappa shape index (κ2) is 10.6. The first-order valence-electron chi connectivity index (χ1n) is 10.5.